The fraction of sp³-hybridized carbons (Fsp3) is 0.409. The summed E-state index contributed by atoms with van der Waals surface area (Å²) in [5, 5.41) is 10.6. The summed E-state index contributed by atoms with van der Waals surface area (Å²) in [5.74, 6) is -0.695. The average Bonchev–Trinajstić information content (AvgIpc) is 3.47. The van der Waals surface area contributed by atoms with E-state index in [4.69, 9.17) is 0 Å². The minimum Gasteiger partial charge on any atom is -0.321 e. The highest BCUT2D eigenvalue weighted by atomic mass is 79.9. The van der Waals surface area contributed by atoms with E-state index in [9.17, 15) is 31.1 Å². The van der Waals surface area contributed by atoms with Gasteiger partial charge in [-0.2, -0.15) is 36.5 Å². The summed E-state index contributed by atoms with van der Waals surface area (Å²) >= 11 is 2.99. The molecule has 0 unspecified atom stereocenters. The molecule has 0 spiro atoms. The molecule has 3 aromatic rings. The normalized spacial score (nSPS) is 14.4. The van der Waals surface area contributed by atoms with Crippen LogP contribution in [0.1, 0.15) is 52.7 Å². The van der Waals surface area contributed by atoms with Crippen molar-refractivity contribution in [2.24, 2.45) is 0 Å². The Morgan fingerprint density at radius 1 is 1.09 bits per heavy atom. The van der Waals surface area contributed by atoms with Gasteiger partial charge in [-0.15, -0.1) is 0 Å². The van der Waals surface area contributed by atoms with Crippen LogP contribution < -0.4 is 5.32 Å². The van der Waals surface area contributed by atoms with Crippen molar-refractivity contribution in [3.8, 4) is 0 Å². The molecule has 2 aromatic heterocycles. The number of amides is 1. The molecule has 0 bridgehead atoms. The molecular formula is C22H20BrF6N5O. The summed E-state index contributed by atoms with van der Waals surface area (Å²) < 4.78 is 81.3. The van der Waals surface area contributed by atoms with Gasteiger partial charge in [0, 0.05) is 5.92 Å². The van der Waals surface area contributed by atoms with Crippen molar-refractivity contribution in [1.29, 1.82) is 0 Å². The molecule has 1 aromatic carbocycles. The highest BCUT2D eigenvalue weighted by Gasteiger charge is 2.42. The highest BCUT2D eigenvalue weighted by molar-refractivity contribution is 9.10. The first-order chi connectivity index (χ1) is 16.3. The van der Waals surface area contributed by atoms with E-state index in [-0.39, 0.29) is 16.9 Å². The smallest absolute Gasteiger partial charge is 0.321 e. The standard InChI is InChI=1S/C22H20BrF6N5O/c1-11-18(12(2)33(31-11)9-13-4-3-5-15(8-13)21(24,25)26)30-16(35)10-34-19(14-6-7-14)17(23)20(32-34)22(27,28)29/h3-5,8,14H,6-7,9-10H2,1-2H3,(H,30,35). The largest absolute Gasteiger partial charge is 0.436 e. The summed E-state index contributed by atoms with van der Waals surface area (Å²) in [7, 11) is 0. The lowest BCUT2D eigenvalue weighted by molar-refractivity contribution is -0.142. The molecule has 35 heavy (non-hydrogen) atoms. The second-order valence-electron chi connectivity index (χ2n) is 8.43. The monoisotopic (exact) mass is 563 g/mol. The van der Waals surface area contributed by atoms with Gasteiger partial charge in [0.15, 0.2) is 5.69 Å². The number of anilines is 1. The number of aromatic nitrogens is 4. The number of carbonyl (C=O) groups excluding carboxylic acids is 1. The number of hydrogen-bond donors (Lipinski definition) is 1. The first-order valence-corrected chi connectivity index (χ1v) is 11.4. The maximum absolute atomic E-state index is 13.3. The molecule has 2 heterocycles. The third kappa shape index (κ3) is 5.39. The van der Waals surface area contributed by atoms with Crippen molar-refractivity contribution in [3.05, 3.63) is 62.6 Å². The molecule has 0 aliphatic heterocycles. The van der Waals surface area contributed by atoms with Crippen LogP contribution in [0.25, 0.3) is 0 Å². The molecule has 0 radical (unpaired) electrons. The molecule has 188 valence electrons. The van der Waals surface area contributed by atoms with Gasteiger partial charge in [0.2, 0.25) is 5.91 Å². The van der Waals surface area contributed by atoms with Gasteiger partial charge in [-0.3, -0.25) is 14.2 Å². The van der Waals surface area contributed by atoms with Crippen molar-refractivity contribution >= 4 is 27.5 Å². The lowest BCUT2D eigenvalue weighted by atomic mass is 10.1. The van der Waals surface area contributed by atoms with Crippen LogP contribution in [-0.4, -0.2) is 25.5 Å². The van der Waals surface area contributed by atoms with Gasteiger partial charge in [-0.25, -0.2) is 0 Å². The van der Waals surface area contributed by atoms with Crippen molar-refractivity contribution in [2.75, 3.05) is 5.32 Å². The molecule has 13 heteroatoms. The Labute approximate surface area is 204 Å². The summed E-state index contributed by atoms with van der Waals surface area (Å²) in [6, 6.07) is 4.85. The summed E-state index contributed by atoms with van der Waals surface area (Å²) in [5.41, 5.74) is 0.113. The van der Waals surface area contributed by atoms with Crippen LogP contribution >= 0.6 is 15.9 Å². The maximum Gasteiger partial charge on any atom is 0.436 e. The number of halogens is 7. The number of alkyl halides is 6. The number of nitrogens with zero attached hydrogens (tertiary/aromatic N) is 4. The third-order valence-electron chi connectivity index (χ3n) is 5.69. The Balaban J connectivity index is 1.53. The van der Waals surface area contributed by atoms with Gasteiger partial charge in [0.05, 0.1) is 39.4 Å². The molecule has 4 rings (SSSR count). The first kappa shape index (κ1) is 25.3. The molecule has 1 saturated carbocycles. The van der Waals surface area contributed by atoms with Crippen LogP contribution in [0.2, 0.25) is 0 Å². The third-order valence-corrected chi connectivity index (χ3v) is 6.47. The van der Waals surface area contributed by atoms with Crippen LogP contribution in [-0.2, 0) is 30.2 Å². The van der Waals surface area contributed by atoms with Gasteiger partial charge in [-0.05, 0) is 60.3 Å². The predicted octanol–water partition coefficient (Wildman–Crippen LogP) is 6.06. The number of aryl methyl sites for hydroxylation is 1. The number of nitrogens with one attached hydrogen (secondary N) is 1. The summed E-state index contributed by atoms with van der Waals surface area (Å²) in [4.78, 5) is 12.7. The summed E-state index contributed by atoms with van der Waals surface area (Å²) in [6.07, 6.45) is -7.72. The maximum atomic E-state index is 13.3. The lowest BCUT2D eigenvalue weighted by Crippen LogP contribution is -2.22. The predicted molar refractivity (Wildman–Crippen MR) is 118 cm³/mol. The van der Waals surface area contributed by atoms with Crippen molar-refractivity contribution in [2.45, 2.75) is 58.0 Å². The Hall–Kier alpha value is -2.83. The number of rotatable bonds is 6. The molecule has 1 N–H and O–H groups in total. The quantitative estimate of drug-likeness (QED) is 0.371. The van der Waals surface area contributed by atoms with E-state index >= 15 is 0 Å². The second-order valence-corrected chi connectivity index (χ2v) is 9.22. The van der Waals surface area contributed by atoms with E-state index in [1.165, 1.54) is 16.8 Å². The number of carbonyl (C=O) groups is 1. The van der Waals surface area contributed by atoms with Crippen LogP contribution in [0, 0.1) is 13.8 Å². The minimum atomic E-state index is -4.66. The fourth-order valence-corrected chi connectivity index (χ4v) is 4.70. The average molecular weight is 564 g/mol. The zero-order chi connectivity index (χ0) is 25.7. The number of hydrogen-bond acceptors (Lipinski definition) is 3. The first-order valence-electron chi connectivity index (χ1n) is 10.6. The zero-order valence-electron chi connectivity index (χ0n) is 18.6. The Morgan fingerprint density at radius 3 is 2.37 bits per heavy atom. The van der Waals surface area contributed by atoms with Gasteiger partial charge in [-0.1, -0.05) is 12.1 Å². The van der Waals surface area contributed by atoms with Crippen LogP contribution in [0.4, 0.5) is 32.0 Å². The molecule has 1 aliphatic rings. The van der Waals surface area contributed by atoms with Crippen molar-refractivity contribution in [1.82, 2.24) is 19.6 Å². The van der Waals surface area contributed by atoms with Crippen molar-refractivity contribution < 1.29 is 31.1 Å². The lowest BCUT2D eigenvalue weighted by Gasteiger charge is -2.11. The summed E-state index contributed by atoms with van der Waals surface area (Å²) in [6.45, 7) is 2.87. The van der Waals surface area contributed by atoms with E-state index in [1.807, 2.05) is 0 Å². The zero-order valence-corrected chi connectivity index (χ0v) is 20.1. The molecule has 1 amide bonds. The Bertz CT molecular complexity index is 1270. The van der Waals surface area contributed by atoms with Crippen LogP contribution in [0.5, 0.6) is 0 Å². The van der Waals surface area contributed by atoms with Crippen molar-refractivity contribution in [3.63, 3.8) is 0 Å². The van der Waals surface area contributed by atoms with E-state index < -0.39 is 36.1 Å². The highest BCUT2D eigenvalue weighted by Crippen LogP contribution is 2.47. The minimum absolute atomic E-state index is 0.0410. The topological polar surface area (TPSA) is 64.7 Å². The van der Waals surface area contributed by atoms with E-state index in [0.29, 0.717) is 41.2 Å². The second kappa shape index (κ2) is 8.99. The molecule has 0 atom stereocenters. The van der Waals surface area contributed by atoms with Crippen LogP contribution in [0.3, 0.4) is 0 Å². The van der Waals surface area contributed by atoms with Crippen LogP contribution in [0.15, 0.2) is 28.7 Å². The van der Waals surface area contributed by atoms with E-state index in [2.05, 4.69) is 31.4 Å². The Morgan fingerprint density at radius 2 is 1.77 bits per heavy atom. The number of benzene rings is 1. The van der Waals surface area contributed by atoms with Gasteiger partial charge in [0.1, 0.15) is 6.54 Å². The van der Waals surface area contributed by atoms with Gasteiger partial charge in [0.25, 0.3) is 0 Å². The van der Waals surface area contributed by atoms with Gasteiger partial charge < -0.3 is 5.32 Å². The molecule has 6 nitrogen and oxygen atoms in total. The fourth-order valence-electron chi connectivity index (χ4n) is 3.87. The molecule has 1 fully saturated rings. The molecule has 1 aliphatic carbocycles. The molecule has 0 saturated heterocycles. The van der Waals surface area contributed by atoms with E-state index in [1.54, 1.807) is 13.8 Å². The molecular weight excluding hydrogens is 544 g/mol. The van der Waals surface area contributed by atoms with E-state index in [0.717, 1.165) is 16.8 Å². The Kier molecular flexibility index (Phi) is 6.49. The van der Waals surface area contributed by atoms with Gasteiger partial charge >= 0.3 is 12.4 Å². The SMILES string of the molecule is Cc1nn(Cc2cccc(C(F)(F)F)c2)c(C)c1NC(=O)Cn1nc(C(F)(F)F)c(Br)c1C1CC1.